The molecule has 0 saturated heterocycles. The number of carbonyl (C=O) groups is 3. The Morgan fingerprint density at radius 1 is 0.941 bits per heavy atom. The lowest BCUT2D eigenvalue weighted by atomic mass is 9.88. The van der Waals surface area contributed by atoms with Gasteiger partial charge in [0, 0.05) is 17.3 Å². The predicted octanol–water partition coefficient (Wildman–Crippen LogP) is 4.53. The number of amides is 3. The standard InChI is InChI=1S/C24H15F4N3O3/c25-15-11-9-14(10-12-15)21(32)30-29-13-18-16-5-1-2-6-17(16)22(33)31(23(18)34)20-8-4-3-7-19(20)24(26,27)28/h1-13,18H,(H,30,32). The molecule has 0 fully saturated rings. The molecule has 0 aliphatic carbocycles. The van der Waals surface area contributed by atoms with Crippen molar-refractivity contribution in [2.75, 3.05) is 4.90 Å². The van der Waals surface area contributed by atoms with Crippen molar-refractivity contribution >= 4 is 29.6 Å². The third-order valence-electron chi connectivity index (χ3n) is 5.16. The number of benzene rings is 3. The van der Waals surface area contributed by atoms with Crippen LogP contribution < -0.4 is 10.3 Å². The molecular weight excluding hydrogens is 454 g/mol. The number of hydrazone groups is 1. The largest absolute Gasteiger partial charge is 0.418 e. The fraction of sp³-hybridized carbons (Fsp3) is 0.0833. The molecule has 1 aliphatic rings. The number of para-hydroxylation sites is 1. The molecule has 1 N–H and O–H groups in total. The molecule has 3 aromatic rings. The summed E-state index contributed by atoms with van der Waals surface area (Å²) in [6.45, 7) is 0. The minimum Gasteiger partial charge on any atom is -0.273 e. The van der Waals surface area contributed by atoms with Crippen molar-refractivity contribution in [1.82, 2.24) is 5.43 Å². The number of fused-ring (bicyclic) bond motifs is 1. The second-order valence-corrected chi connectivity index (χ2v) is 7.28. The van der Waals surface area contributed by atoms with Gasteiger partial charge in [-0.15, -0.1) is 0 Å². The van der Waals surface area contributed by atoms with Crippen molar-refractivity contribution in [3.8, 4) is 0 Å². The maximum absolute atomic E-state index is 13.6. The molecule has 3 amide bonds. The van der Waals surface area contributed by atoms with Crippen LogP contribution in [0.4, 0.5) is 23.2 Å². The van der Waals surface area contributed by atoms with Crippen molar-refractivity contribution in [2.24, 2.45) is 5.10 Å². The van der Waals surface area contributed by atoms with Gasteiger partial charge in [-0.25, -0.2) is 14.7 Å². The quantitative estimate of drug-likeness (QED) is 0.264. The van der Waals surface area contributed by atoms with Gasteiger partial charge in [0.2, 0.25) is 5.91 Å². The zero-order chi connectivity index (χ0) is 24.5. The van der Waals surface area contributed by atoms with Gasteiger partial charge in [-0.05, 0) is 48.0 Å². The van der Waals surface area contributed by atoms with Crippen LogP contribution in [0, 0.1) is 5.82 Å². The van der Waals surface area contributed by atoms with E-state index in [1.54, 1.807) is 6.07 Å². The molecule has 4 rings (SSSR count). The summed E-state index contributed by atoms with van der Waals surface area (Å²) in [6.07, 6.45) is -3.76. The molecule has 0 bridgehead atoms. The molecule has 1 atom stereocenters. The third-order valence-corrected chi connectivity index (χ3v) is 5.16. The van der Waals surface area contributed by atoms with E-state index < -0.39 is 46.9 Å². The van der Waals surface area contributed by atoms with Gasteiger partial charge in [0.15, 0.2) is 0 Å². The molecular formula is C24H15F4N3O3. The van der Waals surface area contributed by atoms with Crippen LogP contribution in [0.3, 0.4) is 0 Å². The lowest BCUT2D eigenvalue weighted by Crippen LogP contribution is -2.46. The SMILES string of the molecule is O=C(NN=CC1C(=O)N(c2ccccc2C(F)(F)F)C(=O)c2ccccc21)c1ccc(F)cc1. The molecule has 0 aromatic heterocycles. The highest BCUT2D eigenvalue weighted by atomic mass is 19.4. The summed E-state index contributed by atoms with van der Waals surface area (Å²) < 4.78 is 53.8. The second kappa shape index (κ2) is 8.89. The molecule has 1 aliphatic heterocycles. The number of nitrogens with one attached hydrogen (secondary N) is 1. The van der Waals surface area contributed by atoms with Crippen LogP contribution in [0.25, 0.3) is 0 Å². The molecule has 0 spiro atoms. The Bertz CT molecular complexity index is 1300. The van der Waals surface area contributed by atoms with Gasteiger partial charge in [-0.3, -0.25) is 14.4 Å². The van der Waals surface area contributed by atoms with E-state index in [2.05, 4.69) is 10.5 Å². The Morgan fingerprint density at radius 3 is 2.29 bits per heavy atom. The highest BCUT2D eigenvalue weighted by molar-refractivity contribution is 6.29. The Balaban J connectivity index is 1.69. The summed E-state index contributed by atoms with van der Waals surface area (Å²) in [6, 6.07) is 14.9. The van der Waals surface area contributed by atoms with Gasteiger partial charge >= 0.3 is 6.18 Å². The Morgan fingerprint density at radius 2 is 1.59 bits per heavy atom. The van der Waals surface area contributed by atoms with Crippen molar-refractivity contribution in [3.63, 3.8) is 0 Å². The van der Waals surface area contributed by atoms with E-state index >= 15 is 0 Å². The Hall–Kier alpha value is -4.34. The van der Waals surface area contributed by atoms with Crippen LogP contribution in [0.2, 0.25) is 0 Å². The number of anilines is 1. The number of carbonyl (C=O) groups excluding carboxylic acids is 3. The molecule has 0 saturated carbocycles. The van der Waals surface area contributed by atoms with E-state index in [4.69, 9.17) is 0 Å². The molecule has 10 heteroatoms. The van der Waals surface area contributed by atoms with E-state index in [9.17, 15) is 31.9 Å². The number of halogens is 4. The molecule has 6 nitrogen and oxygen atoms in total. The van der Waals surface area contributed by atoms with Gasteiger partial charge in [-0.1, -0.05) is 30.3 Å². The van der Waals surface area contributed by atoms with Crippen LogP contribution >= 0.6 is 0 Å². The maximum atomic E-state index is 13.6. The molecule has 1 unspecified atom stereocenters. The van der Waals surface area contributed by atoms with Crippen LogP contribution in [-0.4, -0.2) is 23.9 Å². The minimum atomic E-state index is -4.80. The highest BCUT2D eigenvalue weighted by Crippen LogP contribution is 2.40. The maximum Gasteiger partial charge on any atom is 0.418 e. The Labute approximate surface area is 190 Å². The Kier molecular flexibility index (Phi) is 5.97. The van der Waals surface area contributed by atoms with Crippen LogP contribution in [-0.2, 0) is 11.0 Å². The topological polar surface area (TPSA) is 78.8 Å². The van der Waals surface area contributed by atoms with Crippen molar-refractivity contribution in [1.29, 1.82) is 0 Å². The fourth-order valence-corrected chi connectivity index (χ4v) is 3.57. The van der Waals surface area contributed by atoms with Gasteiger partial charge in [0.05, 0.1) is 11.3 Å². The summed E-state index contributed by atoms with van der Waals surface area (Å²) in [5.41, 5.74) is 0.809. The number of imide groups is 1. The number of hydrogen-bond acceptors (Lipinski definition) is 4. The monoisotopic (exact) mass is 469 g/mol. The average molecular weight is 469 g/mol. The number of alkyl halides is 3. The van der Waals surface area contributed by atoms with Gasteiger partial charge in [0.1, 0.15) is 11.7 Å². The van der Waals surface area contributed by atoms with Gasteiger partial charge in [-0.2, -0.15) is 18.3 Å². The molecule has 0 radical (unpaired) electrons. The van der Waals surface area contributed by atoms with Crippen molar-refractivity contribution < 1.29 is 31.9 Å². The summed E-state index contributed by atoms with van der Waals surface area (Å²) >= 11 is 0. The third kappa shape index (κ3) is 4.29. The first-order chi connectivity index (χ1) is 16.2. The first kappa shape index (κ1) is 22.8. The van der Waals surface area contributed by atoms with Crippen molar-refractivity contribution in [3.05, 3.63) is 101 Å². The molecule has 34 heavy (non-hydrogen) atoms. The molecule has 172 valence electrons. The summed E-state index contributed by atoms with van der Waals surface area (Å²) in [7, 11) is 0. The minimum absolute atomic E-state index is 0.0281. The van der Waals surface area contributed by atoms with E-state index in [0.717, 1.165) is 36.5 Å². The van der Waals surface area contributed by atoms with Crippen LogP contribution in [0.1, 0.15) is 37.8 Å². The van der Waals surface area contributed by atoms with Crippen LogP contribution in [0.15, 0.2) is 77.9 Å². The van der Waals surface area contributed by atoms with Gasteiger partial charge in [0.25, 0.3) is 11.8 Å². The average Bonchev–Trinajstić information content (AvgIpc) is 2.81. The summed E-state index contributed by atoms with van der Waals surface area (Å²) in [5, 5.41) is 3.77. The fourth-order valence-electron chi connectivity index (χ4n) is 3.57. The zero-order valence-electron chi connectivity index (χ0n) is 17.2. The smallest absolute Gasteiger partial charge is 0.273 e. The number of nitrogens with zero attached hydrogens (tertiary/aromatic N) is 2. The second-order valence-electron chi connectivity index (χ2n) is 7.28. The van der Waals surface area contributed by atoms with E-state index in [1.165, 1.54) is 36.4 Å². The lowest BCUT2D eigenvalue weighted by molar-refractivity contribution is -0.137. The lowest BCUT2D eigenvalue weighted by Gasteiger charge is -2.32. The predicted molar refractivity (Wildman–Crippen MR) is 115 cm³/mol. The number of rotatable bonds is 4. The summed E-state index contributed by atoms with van der Waals surface area (Å²) in [4.78, 5) is 39.0. The van der Waals surface area contributed by atoms with Crippen LogP contribution in [0.5, 0.6) is 0 Å². The normalized spacial score (nSPS) is 16.0. The van der Waals surface area contributed by atoms with Gasteiger partial charge < -0.3 is 0 Å². The van der Waals surface area contributed by atoms with E-state index in [-0.39, 0.29) is 16.7 Å². The zero-order valence-corrected chi connectivity index (χ0v) is 17.2. The number of hydrogen-bond donors (Lipinski definition) is 1. The highest BCUT2D eigenvalue weighted by Gasteiger charge is 2.43. The van der Waals surface area contributed by atoms with Crippen molar-refractivity contribution in [2.45, 2.75) is 12.1 Å². The van der Waals surface area contributed by atoms with E-state index in [1.807, 2.05) is 0 Å². The molecule has 3 aromatic carbocycles. The first-order valence-electron chi connectivity index (χ1n) is 9.91. The summed E-state index contributed by atoms with van der Waals surface area (Å²) in [5.74, 6) is -4.34. The molecule has 1 heterocycles. The van der Waals surface area contributed by atoms with E-state index in [0.29, 0.717) is 4.90 Å². The first-order valence-corrected chi connectivity index (χ1v) is 9.91.